The van der Waals surface area contributed by atoms with Crippen molar-refractivity contribution in [2.75, 3.05) is 18.5 Å². The van der Waals surface area contributed by atoms with Crippen LogP contribution in [-0.4, -0.2) is 42.1 Å². The second-order valence-electron chi connectivity index (χ2n) is 6.77. The van der Waals surface area contributed by atoms with Crippen molar-refractivity contribution in [3.05, 3.63) is 29.8 Å². The van der Waals surface area contributed by atoms with Gasteiger partial charge >= 0.3 is 5.97 Å². The number of carboxylic acid groups (broad SMARTS) is 1. The number of aliphatic carboxylic acids is 1. The Balaban J connectivity index is 1.90. The van der Waals surface area contributed by atoms with Gasteiger partial charge in [0.15, 0.2) is 0 Å². The molecule has 0 radical (unpaired) electrons. The molecule has 1 heterocycles. The largest absolute Gasteiger partial charge is 0.481 e. The molecule has 1 saturated heterocycles. The summed E-state index contributed by atoms with van der Waals surface area (Å²) in [4.78, 5) is 35.3. The molecule has 0 saturated carbocycles. The first-order valence-electron chi connectivity index (χ1n) is 8.34. The van der Waals surface area contributed by atoms with E-state index in [1.807, 2.05) is 0 Å². The normalized spacial score (nSPS) is 17.1. The minimum Gasteiger partial charge on any atom is -0.481 e. The number of nitrogens with one attached hydrogen (secondary N) is 2. The molecule has 1 fully saturated rings. The number of amides is 2. The molecule has 25 heavy (non-hydrogen) atoms. The zero-order chi connectivity index (χ0) is 18.4. The second-order valence-corrected chi connectivity index (χ2v) is 6.77. The lowest BCUT2D eigenvalue weighted by atomic mass is 9.90. The highest BCUT2D eigenvalue weighted by Gasteiger charge is 2.27. The Labute approximate surface area is 146 Å². The van der Waals surface area contributed by atoms with Gasteiger partial charge in [-0.1, -0.05) is 6.07 Å². The van der Waals surface area contributed by atoms with Crippen molar-refractivity contribution < 1.29 is 24.2 Å². The molecule has 3 N–H and O–H groups in total. The number of hydrogen-bond donors (Lipinski definition) is 3. The van der Waals surface area contributed by atoms with Gasteiger partial charge in [-0.15, -0.1) is 0 Å². The van der Waals surface area contributed by atoms with Gasteiger partial charge in [0.05, 0.1) is 5.41 Å². The Morgan fingerprint density at radius 1 is 1.32 bits per heavy atom. The van der Waals surface area contributed by atoms with Crippen molar-refractivity contribution in [2.24, 2.45) is 5.41 Å². The van der Waals surface area contributed by atoms with Crippen molar-refractivity contribution in [2.45, 2.75) is 39.2 Å². The third kappa shape index (κ3) is 5.29. The maximum absolute atomic E-state index is 12.2. The van der Waals surface area contributed by atoms with Crippen LogP contribution in [0.25, 0.3) is 0 Å². The molecular weight excluding hydrogens is 324 g/mol. The molecule has 0 aromatic heterocycles. The highest BCUT2D eigenvalue weighted by atomic mass is 16.5. The van der Waals surface area contributed by atoms with Crippen molar-refractivity contribution >= 4 is 23.5 Å². The van der Waals surface area contributed by atoms with Gasteiger partial charge in [0.1, 0.15) is 6.10 Å². The first-order valence-corrected chi connectivity index (χ1v) is 8.34. The summed E-state index contributed by atoms with van der Waals surface area (Å²) < 4.78 is 5.33. The summed E-state index contributed by atoms with van der Waals surface area (Å²) in [6.07, 6.45) is 1.46. The predicted octanol–water partition coefficient (Wildman–Crippen LogP) is 2.03. The quantitative estimate of drug-likeness (QED) is 0.699. The molecule has 1 aromatic carbocycles. The van der Waals surface area contributed by atoms with Crippen LogP contribution in [0.3, 0.4) is 0 Å². The highest BCUT2D eigenvalue weighted by molar-refractivity contribution is 5.98. The number of carbonyl (C=O) groups is 3. The fourth-order valence-electron chi connectivity index (χ4n) is 2.44. The Morgan fingerprint density at radius 2 is 2.08 bits per heavy atom. The fourth-order valence-corrected chi connectivity index (χ4v) is 2.44. The van der Waals surface area contributed by atoms with Gasteiger partial charge in [-0.05, 0) is 51.3 Å². The number of anilines is 1. The topological polar surface area (TPSA) is 105 Å². The van der Waals surface area contributed by atoms with E-state index in [1.54, 1.807) is 38.1 Å². The number of ether oxygens (including phenoxy) is 1. The van der Waals surface area contributed by atoms with E-state index >= 15 is 0 Å². The van der Waals surface area contributed by atoms with Gasteiger partial charge < -0.3 is 20.5 Å². The number of rotatable bonds is 7. The standard InChI is InChI=1S/C18H24N2O5/c1-18(2,17(23)24)8-9-19-15(21)12-5-3-6-13(11-12)20-16(22)14-7-4-10-25-14/h3,5-6,11,14H,4,7-10H2,1-2H3,(H,19,21)(H,20,22)(H,23,24). The van der Waals surface area contributed by atoms with E-state index in [-0.39, 0.29) is 18.4 Å². The third-order valence-corrected chi connectivity index (χ3v) is 4.23. The van der Waals surface area contributed by atoms with E-state index in [1.165, 1.54) is 0 Å². The smallest absolute Gasteiger partial charge is 0.309 e. The van der Waals surface area contributed by atoms with Crippen LogP contribution in [0.2, 0.25) is 0 Å². The van der Waals surface area contributed by atoms with Gasteiger partial charge in [-0.2, -0.15) is 0 Å². The van der Waals surface area contributed by atoms with E-state index < -0.39 is 17.5 Å². The van der Waals surface area contributed by atoms with Gasteiger partial charge in [-0.3, -0.25) is 14.4 Å². The van der Waals surface area contributed by atoms with Crippen LogP contribution in [0.5, 0.6) is 0 Å². The van der Waals surface area contributed by atoms with Crippen LogP contribution in [0.4, 0.5) is 5.69 Å². The molecule has 136 valence electrons. The Hall–Kier alpha value is -2.41. The van der Waals surface area contributed by atoms with E-state index in [2.05, 4.69) is 10.6 Å². The molecule has 0 spiro atoms. The SMILES string of the molecule is CC(C)(CCNC(=O)c1cccc(NC(=O)C2CCCO2)c1)C(=O)O. The van der Waals surface area contributed by atoms with Crippen molar-refractivity contribution in [3.8, 4) is 0 Å². The van der Waals surface area contributed by atoms with Crippen LogP contribution >= 0.6 is 0 Å². The number of benzene rings is 1. The van der Waals surface area contributed by atoms with Crippen LogP contribution < -0.4 is 10.6 Å². The van der Waals surface area contributed by atoms with Crippen LogP contribution in [-0.2, 0) is 14.3 Å². The number of carboxylic acids is 1. The molecule has 1 aromatic rings. The minimum atomic E-state index is -0.902. The molecule has 2 rings (SSSR count). The van der Waals surface area contributed by atoms with Crippen LogP contribution in [0, 0.1) is 5.41 Å². The molecule has 0 aliphatic carbocycles. The molecule has 1 atom stereocenters. The number of hydrogen-bond acceptors (Lipinski definition) is 4. The molecule has 0 bridgehead atoms. The highest BCUT2D eigenvalue weighted by Crippen LogP contribution is 2.20. The van der Waals surface area contributed by atoms with E-state index in [9.17, 15) is 14.4 Å². The summed E-state index contributed by atoms with van der Waals surface area (Å²) in [6.45, 7) is 4.07. The maximum atomic E-state index is 12.2. The molecule has 1 aliphatic heterocycles. The molecule has 7 heteroatoms. The lowest BCUT2D eigenvalue weighted by molar-refractivity contribution is -0.147. The van der Waals surface area contributed by atoms with Gasteiger partial charge in [-0.25, -0.2) is 0 Å². The molecular formula is C18H24N2O5. The van der Waals surface area contributed by atoms with E-state index in [4.69, 9.17) is 9.84 Å². The Bertz CT molecular complexity index is 651. The fraction of sp³-hybridized carbons (Fsp3) is 0.500. The zero-order valence-corrected chi connectivity index (χ0v) is 14.5. The van der Waals surface area contributed by atoms with E-state index in [0.29, 0.717) is 30.7 Å². The first kappa shape index (κ1) is 18.9. The Kier molecular flexibility index (Phi) is 6.14. The summed E-state index contributed by atoms with van der Waals surface area (Å²) in [7, 11) is 0. The lowest BCUT2D eigenvalue weighted by Gasteiger charge is -2.19. The lowest BCUT2D eigenvalue weighted by Crippen LogP contribution is -2.32. The van der Waals surface area contributed by atoms with Gasteiger partial charge in [0.2, 0.25) is 0 Å². The molecule has 2 amide bonds. The van der Waals surface area contributed by atoms with E-state index in [0.717, 1.165) is 6.42 Å². The summed E-state index contributed by atoms with van der Waals surface area (Å²) in [5, 5.41) is 14.5. The van der Waals surface area contributed by atoms with Crippen LogP contribution in [0.15, 0.2) is 24.3 Å². The zero-order valence-electron chi connectivity index (χ0n) is 14.5. The van der Waals surface area contributed by atoms with Gasteiger partial charge in [0, 0.05) is 24.4 Å². The monoisotopic (exact) mass is 348 g/mol. The predicted molar refractivity (Wildman–Crippen MR) is 92.4 cm³/mol. The van der Waals surface area contributed by atoms with Crippen LogP contribution in [0.1, 0.15) is 43.5 Å². The summed E-state index contributed by atoms with van der Waals surface area (Å²) in [5.41, 5.74) is 0.0296. The summed E-state index contributed by atoms with van der Waals surface area (Å²) in [5.74, 6) is -1.42. The van der Waals surface area contributed by atoms with Crippen molar-refractivity contribution in [1.82, 2.24) is 5.32 Å². The van der Waals surface area contributed by atoms with Gasteiger partial charge in [0.25, 0.3) is 11.8 Å². The summed E-state index contributed by atoms with van der Waals surface area (Å²) in [6, 6.07) is 6.61. The third-order valence-electron chi connectivity index (χ3n) is 4.23. The van der Waals surface area contributed by atoms with Crippen molar-refractivity contribution in [1.29, 1.82) is 0 Å². The molecule has 1 unspecified atom stereocenters. The summed E-state index contributed by atoms with van der Waals surface area (Å²) >= 11 is 0. The molecule has 7 nitrogen and oxygen atoms in total. The number of carbonyl (C=O) groups excluding carboxylic acids is 2. The second kappa shape index (κ2) is 8.11. The minimum absolute atomic E-state index is 0.210. The first-order chi connectivity index (χ1) is 11.8. The average Bonchev–Trinajstić information content (AvgIpc) is 3.09. The Morgan fingerprint density at radius 3 is 2.72 bits per heavy atom. The van der Waals surface area contributed by atoms with Crippen molar-refractivity contribution in [3.63, 3.8) is 0 Å². The maximum Gasteiger partial charge on any atom is 0.309 e. The molecule has 1 aliphatic rings. The average molecular weight is 348 g/mol.